The second kappa shape index (κ2) is 9.85. The number of rotatable bonds is 7. The Hall–Kier alpha value is -2.35. The normalized spacial score (nSPS) is 11.2. The topological polar surface area (TPSA) is 46.1 Å². The number of thioether (sulfide) groups is 2. The number of anilines is 1. The van der Waals surface area contributed by atoms with E-state index in [0.717, 1.165) is 20.7 Å². The minimum absolute atomic E-state index is 0.0610. The summed E-state index contributed by atoms with van der Waals surface area (Å²) in [5.41, 5.74) is 2.53. The molecule has 0 N–H and O–H groups in total. The lowest BCUT2D eigenvalue weighted by molar-refractivity contribution is 0.0985. The van der Waals surface area contributed by atoms with E-state index in [9.17, 15) is 4.79 Å². The monoisotopic (exact) mass is 465 g/mol. The number of fused-ring (bicyclic) bond motifs is 1. The van der Waals surface area contributed by atoms with Crippen LogP contribution in [0.3, 0.4) is 0 Å². The van der Waals surface area contributed by atoms with Crippen molar-refractivity contribution in [2.24, 2.45) is 0 Å². The third-order valence-electron chi connectivity index (χ3n) is 4.60. The van der Waals surface area contributed by atoms with E-state index in [1.165, 1.54) is 4.90 Å². The van der Waals surface area contributed by atoms with Gasteiger partial charge in [-0.25, -0.2) is 4.98 Å². The Balaban J connectivity index is 1.69. The van der Waals surface area contributed by atoms with E-state index < -0.39 is 0 Å². The molecule has 2 aromatic heterocycles. The number of thiazole rings is 1. The van der Waals surface area contributed by atoms with Gasteiger partial charge in [0.2, 0.25) is 0 Å². The van der Waals surface area contributed by atoms with E-state index >= 15 is 0 Å². The fourth-order valence-corrected chi connectivity index (χ4v) is 5.49. The molecule has 4 aromatic rings. The van der Waals surface area contributed by atoms with Gasteiger partial charge in [0, 0.05) is 33.0 Å². The fraction of sp³-hybridized carbons (Fsp3) is 0.208. The van der Waals surface area contributed by atoms with Crippen molar-refractivity contribution in [3.63, 3.8) is 0 Å². The summed E-state index contributed by atoms with van der Waals surface area (Å²) >= 11 is 5.03. The standard InChI is InChI=1S/C24H23N3OS3/c1-16(2)30-19-8-6-18(7-9-19)23(28)27(15-17-5-4-12-25-14-17)24-26-21-11-10-20(29-3)13-22(21)31-24/h4-14,16H,15H2,1-3H3. The van der Waals surface area contributed by atoms with E-state index in [4.69, 9.17) is 4.98 Å². The highest BCUT2D eigenvalue weighted by molar-refractivity contribution is 8.00. The number of pyridine rings is 1. The molecule has 0 aliphatic carbocycles. The molecule has 0 saturated carbocycles. The van der Waals surface area contributed by atoms with E-state index in [0.29, 0.717) is 22.5 Å². The Morgan fingerprint density at radius 1 is 1.10 bits per heavy atom. The Kier molecular flexibility index (Phi) is 6.95. The summed E-state index contributed by atoms with van der Waals surface area (Å²) < 4.78 is 1.08. The molecule has 0 aliphatic heterocycles. The quantitative estimate of drug-likeness (QED) is 0.282. The van der Waals surface area contributed by atoms with Gasteiger partial charge in [-0.15, -0.1) is 23.5 Å². The van der Waals surface area contributed by atoms with Crippen molar-refractivity contribution in [3.8, 4) is 0 Å². The minimum Gasteiger partial charge on any atom is -0.279 e. The lowest BCUT2D eigenvalue weighted by atomic mass is 10.2. The fourth-order valence-electron chi connectivity index (χ4n) is 3.14. The molecule has 0 unspecified atom stereocenters. The number of hydrogen-bond acceptors (Lipinski definition) is 6. The van der Waals surface area contributed by atoms with Crippen LogP contribution in [0.15, 0.2) is 76.8 Å². The number of benzene rings is 2. The molecule has 31 heavy (non-hydrogen) atoms. The average molecular weight is 466 g/mol. The van der Waals surface area contributed by atoms with Crippen molar-refractivity contribution in [2.45, 2.75) is 35.4 Å². The first-order chi connectivity index (χ1) is 15.0. The Bertz CT molecular complexity index is 1170. The zero-order valence-electron chi connectivity index (χ0n) is 17.6. The van der Waals surface area contributed by atoms with Gasteiger partial charge in [-0.3, -0.25) is 14.7 Å². The predicted octanol–water partition coefficient (Wildman–Crippen LogP) is 6.76. The number of carbonyl (C=O) groups is 1. The zero-order chi connectivity index (χ0) is 21.8. The van der Waals surface area contributed by atoms with Gasteiger partial charge in [0.25, 0.3) is 5.91 Å². The minimum atomic E-state index is -0.0610. The summed E-state index contributed by atoms with van der Waals surface area (Å²) in [4.78, 5) is 26.6. The van der Waals surface area contributed by atoms with Crippen LogP contribution in [-0.2, 0) is 6.54 Å². The lowest BCUT2D eigenvalue weighted by Crippen LogP contribution is -2.30. The maximum Gasteiger partial charge on any atom is 0.260 e. The molecular weight excluding hydrogens is 442 g/mol. The second-order valence-corrected chi connectivity index (χ2v) is 10.8. The summed E-state index contributed by atoms with van der Waals surface area (Å²) in [6.45, 7) is 4.74. The molecule has 4 nitrogen and oxygen atoms in total. The van der Waals surface area contributed by atoms with Crippen molar-refractivity contribution in [1.29, 1.82) is 0 Å². The molecule has 7 heteroatoms. The molecule has 2 heterocycles. The van der Waals surface area contributed by atoms with Crippen LogP contribution >= 0.6 is 34.9 Å². The van der Waals surface area contributed by atoms with E-state index in [1.807, 2.05) is 42.5 Å². The van der Waals surface area contributed by atoms with Gasteiger partial charge >= 0.3 is 0 Å². The predicted molar refractivity (Wildman–Crippen MR) is 134 cm³/mol. The smallest absolute Gasteiger partial charge is 0.260 e. The number of hydrogen-bond donors (Lipinski definition) is 0. The van der Waals surface area contributed by atoms with E-state index in [1.54, 1.807) is 52.2 Å². The zero-order valence-corrected chi connectivity index (χ0v) is 20.1. The number of carbonyl (C=O) groups excluding carboxylic acids is 1. The molecule has 158 valence electrons. The molecule has 0 aliphatic rings. The van der Waals surface area contributed by atoms with Crippen LogP contribution in [0.1, 0.15) is 29.8 Å². The van der Waals surface area contributed by atoms with Gasteiger partial charge in [0.15, 0.2) is 5.13 Å². The van der Waals surface area contributed by atoms with Gasteiger partial charge < -0.3 is 0 Å². The number of amides is 1. The summed E-state index contributed by atoms with van der Waals surface area (Å²) in [5, 5.41) is 1.19. The van der Waals surface area contributed by atoms with Crippen molar-refractivity contribution in [1.82, 2.24) is 9.97 Å². The number of nitrogens with zero attached hydrogens (tertiary/aromatic N) is 3. The van der Waals surface area contributed by atoms with Crippen LogP contribution < -0.4 is 4.90 Å². The van der Waals surface area contributed by atoms with Gasteiger partial charge in [0.1, 0.15) is 0 Å². The van der Waals surface area contributed by atoms with Crippen LogP contribution in [0.5, 0.6) is 0 Å². The van der Waals surface area contributed by atoms with Crippen LogP contribution in [0.2, 0.25) is 0 Å². The molecule has 2 aromatic carbocycles. The average Bonchev–Trinajstić information content (AvgIpc) is 3.20. The second-order valence-electron chi connectivity index (χ2n) is 7.27. The summed E-state index contributed by atoms with van der Waals surface area (Å²) in [7, 11) is 0. The molecule has 1 amide bonds. The van der Waals surface area contributed by atoms with Gasteiger partial charge in [-0.05, 0) is 60.4 Å². The Morgan fingerprint density at radius 3 is 2.55 bits per heavy atom. The SMILES string of the molecule is CSc1ccc2nc(N(Cc3cccnc3)C(=O)c3ccc(SC(C)C)cc3)sc2c1. The summed E-state index contributed by atoms with van der Waals surface area (Å²) in [6, 6.07) is 17.9. The first-order valence-corrected chi connectivity index (χ1v) is 12.9. The summed E-state index contributed by atoms with van der Waals surface area (Å²) in [5.74, 6) is -0.0610. The van der Waals surface area contributed by atoms with Crippen molar-refractivity contribution < 1.29 is 4.79 Å². The maximum absolute atomic E-state index is 13.5. The lowest BCUT2D eigenvalue weighted by Gasteiger charge is -2.20. The van der Waals surface area contributed by atoms with Crippen molar-refractivity contribution in [3.05, 3.63) is 78.1 Å². The van der Waals surface area contributed by atoms with E-state index in [-0.39, 0.29) is 5.91 Å². The molecule has 0 radical (unpaired) electrons. The molecule has 0 fully saturated rings. The van der Waals surface area contributed by atoms with Gasteiger partial charge in [-0.1, -0.05) is 31.3 Å². The molecule has 0 atom stereocenters. The van der Waals surface area contributed by atoms with Crippen molar-refractivity contribution >= 4 is 56.1 Å². The van der Waals surface area contributed by atoms with Crippen LogP contribution in [0.4, 0.5) is 5.13 Å². The van der Waals surface area contributed by atoms with Crippen molar-refractivity contribution in [2.75, 3.05) is 11.2 Å². The summed E-state index contributed by atoms with van der Waals surface area (Å²) in [6.07, 6.45) is 5.59. The molecular formula is C24H23N3OS3. The third-order valence-corrected chi connectivity index (χ3v) is 7.38. The van der Waals surface area contributed by atoms with Crippen LogP contribution in [0.25, 0.3) is 10.2 Å². The van der Waals surface area contributed by atoms with Crippen LogP contribution in [0, 0.1) is 0 Å². The van der Waals surface area contributed by atoms with Crippen LogP contribution in [-0.4, -0.2) is 27.4 Å². The van der Waals surface area contributed by atoms with Gasteiger partial charge in [0.05, 0.1) is 16.8 Å². The largest absolute Gasteiger partial charge is 0.279 e. The molecule has 0 spiro atoms. The highest BCUT2D eigenvalue weighted by Gasteiger charge is 2.22. The number of aromatic nitrogens is 2. The Morgan fingerprint density at radius 2 is 1.87 bits per heavy atom. The maximum atomic E-state index is 13.5. The highest BCUT2D eigenvalue weighted by atomic mass is 32.2. The van der Waals surface area contributed by atoms with Gasteiger partial charge in [-0.2, -0.15) is 0 Å². The Labute approximate surface area is 195 Å². The molecule has 0 bridgehead atoms. The third kappa shape index (κ3) is 5.29. The first-order valence-electron chi connectivity index (χ1n) is 9.95. The molecule has 0 saturated heterocycles. The first kappa shape index (κ1) is 21.9. The molecule has 4 rings (SSSR count). The van der Waals surface area contributed by atoms with E-state index in [2.05, 4.69) is 37.2 Å². The highest BCUT2D eigenvalue weighted by Crippen LogP contribution is 2.33.